The highest BCUT2D eigenvalue weighted by atomic mass is 127. The molecule has 148 valence electrons. The van der Waals surface area contributed by atoms with Crippen molar-refractivity contribution in [1.82, 2.24) is 20.5 Å². The molecular formula is C20H36IN5. The van der Waals surface area contributed by atoms with Crippen LogP contribution in [0.25, 0.3) is 0 Å². The molecule has 1 saturated heterocycles. The largest absolute Gasteiger partial charge is 0.356 e. The SMILES string of the molecule is CN=C(NCC(c1cccnc1)C(C)C)NC1CN(C(C)C)CC1C.I. The summed E-state index contributed by atoms with van der Waals surface area (Å²) >= 11 is 0. The van der Waals surface area contributed by atoms with Gasteiger partial charge < -0.3 is 10.6 Å². The Bertz CT molecular complexity index is 546. The average Bonchev–Trinajstić information content (AvgIpc) is 2.95. The zero-order valence-electron chi connectivity index (χ0n) is 17.1. The van der Waals surface area contributed by atoms with E-state index in [0.717, 1.165) is 25.6 Å². The van der Waals surface area contributed by atoms with E-state index >= 15 is 0 Å². The molecule has 5 nitrogen and oxygen atoms in total. The summed E-state index contributed by atoms with van der Waals surface area (Å²) in [6.45, 7) is 14.5. The van der Waals surface area contributed by atoms with E-state index in [4.69, 9.17) is 0 Å². The number of hydrogen-bond donors (Lipinski definition) is 2. The Balaban J connectivity index is 0.00000338. The fourth-order valence-corrected chi connectivity index (χ4v) is 3.52. The number of likely N-dealkylation sites (tertiary alicyclic amines) is 1. The maximum absolute atomic E-state index is 4.44. The normalized spacial score (nSPS) is 22.4. The molecule has 0 aliphatic carbocycles. The van der Waals surface area contributed by atoms with Crippen LogP contribution in [0.15, 0.2) is 29.5 Å². The van der Waals surface area contributed by atoms with Gasteiger partial charge in [0.2, 0.25) is 0 Å². The lowest BCUT2D eigenvalue weighted by molar-refractivity contribution is 0.265. The smallest absolute Gasteiger partial charge is 0.191 e. The predicted molar refractivity (Wildman–Crippen MR) is 121 cm³/mol. The third kappa shape index (κ3) is 6.37. The number of pyridine rings is 1. The first kappa shape index (κ1) is 23.1. The van der Waals surface area contributed by atoms with E-state index in [0.29, 0.717) is 29.8 Å². The molecule has 0 spiro atoms. The molecule has 3 atom stereocenters. The van der Waals surface area contributed by atoms with Crippen LogP contribution in [0.3, 0.4) is 0 Å². The summed E-state index contributed by atoms with van der Waals surface area (Å²) in [4.78, 5) is 11.2. The summed E-state index contributed by atoms with van der Waals surface area (Å²) in [5, 5.41) is 7.16. The molecule has 1 aromatic heterocycles. The van der Waals surface area contributed by atoms with Crippen molar-refractivity contribution in [3.8, 4) is 0 Å². The highest BCUT2D eigenvalue weighted by molar-refractivity contribution is 14.0. The molecule has 0 saturated carbocycles. The van der Waals surface area contributed by atoms with Gasteiger partial charge in [0.25, 0.3) is 0 Å². The molecule has 0 radical (unpaired) electrons. The van der Waals surface area contributed by atoms with Crippen molar-refractivity contribution in [3.63, 3.8) is 0 Å². The van der Waals surface area contributed by atoms with E-state index < -0.39 is 0 Å². The molecule has 26 heavy (non-hydrogen) atoms. The zero-order valence-corrected chi connectivity index (χ0v) is 19.4. The van der Waals surface area contributed by atoms with Crippen molar-refractivity contribution in [3.05, 3.63) is 30.1 Å². The molecule has 2 rings (SSSR count). The summed E-state index contributed by atoms with van der Waals surface area (Å²) in [5.41, 5.74) is 1.28. The van der Waals surface area contributed by atoms with Crippen LogP contribution < -0.4 is 10.6 Å². The standard InChI is InChI=1S/C20H35N5.HI/c1-14(2)18(17-8-7-9-22-10-17)11-23-20(21-6)24-19-13-25(15(3)4)12-16(19)5;/h7-10,14-16,18-19H,11-13H2,1-6H3,(H2,21,23,24);1H. The summed E-state index contributed by atoms with van der Waals surface area (Å²) < 4.78 is 0. The number of aromatic nitrogens is 1. The highest BCUT2D eigenvalue weighted by Crippen LogP contribution is 2.23. The van der Waals surface area contributed by atoms with Crippen LogP contribution in [0.4, 0.5) is 0 Å². The second-order valence-corrected chi connectivity index (χ2v) is 7.87. The first-order valence-electron chi connectivity index (χ1n) is 9.53. The summed E-state index contributed by atoms with van der Waals surface area (Å²) in [7, 11) is 1.85. The van der Waals surface area contributed by atoms with Crippen LogP contribution >= 0.6 is 24.0 Å². The van der Waals surface area contributed by atoms with Gasteiger partial charge in [-0.05, 0) is 37.3 Å². The van der Waals surface area contributed by atoms with Gasteiger partial charge in [0.1, 0.15) is 0 Å². The molecule has 3 unspecified atom stereocenters. The van der Waals surface area contributed by atoms with Crippen molar-refractivity contribution >= 4 is 29.9 Å². The topological polar surface area (TPSA) is 52.6 Å². The van der Waals surface area contributed by atoms with Crippen LogP contribution in [-0.4, -0.2) is 54.6 Å². The van der Waals surface area contributed by atoms with Gasteiger partial charge in [-0.25, -0.2) is 0 Å². The fourth-order valence-electron chi connectivity index (χ4n) is 3.52. The number of guanidine groups is 1. The summed E-state index contributed by atoms with van der Waals surface area (Å²) in [6.07, 6.45) is 3.80. The molecule has 1 fully saturated rings. The van der Waals surface area contributed by atoms with Gasteiger partial charge >= 0.3 is 0 Å². The van der Waals surface area contributed by atoms with E-state index in [1.54, 1.807) is 0 Å². The Morgan fingerprint density at radius 1 is 1.31 bits per heavy atom. The third-order valence-corrected chi connectivity index (χ3v) is 5.32. The van der Waals surface area contributed by atoms with E-state index in [9.17, 15) is 0 Å². The maximum Gasteiger partial charge on any atom is 0.191 e. The quantitative estimate of drug-likeness (QED) is 0.378. The Morgan fingerprint density at radius 3 is 2.54 bits per heavy atom. The van der Waals surface area contributed by atoms with Gasteiger partial charge in [0.05, 0.1) is 0 Å². The van der Waals surface area contributed by atoms with Gasteiger partial charge in [-0.1, -0.05) is 26.8 Å². The number of halogens is 1. The van der Waals surface area contributed by atoms with Crippen molar-refractivity contribution in [2.45, 2.75) is 52.6 Å². The number of nitrogens with zero attached hydrogens (tertiary/aromatic N) is 3. The molecule has 0 amide bonds. The minimum absolute atomic E-state index is 0. The van der Waals surface area contributed by atoms with Crippen LogP contribution in [0, 0.1) is 11.8 Å². The minimum atomic E-state index is 0. The van der Waals surface area contributed by atoms with E-state index in [1.807, 2.05) is 25.5 Å². The lowest BCUT2D eigenvalue weighted by Crippen LogP contribution is -2.47. The van der Waals surface area contributed by atoms with Crippen molar-refractivity contribution < 1.29 is 0 Å². The molecule has 1 aromatic rings. The van der Waals surface area contributed by atoms with E-state index in [1.165, 1.54) is 5.56 Å². The molecule has 2 heterocycles. The molecule has 1 aliphatic heterocycles. The fraction of sp³-hybridized carbons (Fsp3) is 0.700. The van der Waals surface area contributed by atoms with Gasteiger partial charge in [-0.2, -0.15) is 0 Å². The number of rotatable bonds is 6. The van der Waals surface area contributed by atoms with Gasteiger partial charge in [-0.15, -0.1) is 24.0 Å². The lowest BCUT2D eigenvalue weighted by Gasteiger charge is -2.25. The highest BCUT2D eigenvalue weighted by Gasteiger charge is 2.31. The first-order chi connectivity index (χ1) is 11.9. The second kappa shape index (κ2) is 11.1. The average molecular weight is 473 g/mol. The number of nitrogens with one attached hydrogen (secondary N) is 2. The molecule has 0 bridgehead atoms. The summed E-state index contributed by atoms with van der Waals surface area (Å²) in [6, 6.07) is 5.22. The Kier molecular flexibility index (Phi) is 9.85. The van der Waals surface area contributed by atoms with Crippen LogP contribution in [0.5, 0.6) is 0 Å². The van der Waals surface area contributed by atoms with Crippen molar-refractivity contribution in [2.75, 3.05) is 26.7 Å². The lowest BCUT2D eigenvalue weighted by atomic mass is 9.89. The Morgan fingerprint density at radius 2 is 2.04 bits per heavy atom. The molecule has 1 aliphatic rings. The van der Waals surface area contributed by atoms with Crippen LogP contribution in [0.2, 0.25) is 0 Å². The number of hydrogen-bond acceptors (Lipinski definition) is 3. The van der Waals surface area contributed by atoms with Gasteiger partial charge in [-0.3, -0.25) is 14.9 Å². The van der Waals surface area contributed by atoms with E-state index in [2.05, 4.69) is 66.2 Å². The van der Waals surface area contributed by atoms with Gasteiger partial charge in [0, 0.05) is 57.1 Å². The van der Waals surface area contributed by atoms with Crippen molar-refractivity contribution in [2.24, 2.45) is 16.8 Å². The predicted octanol–water partition coefficient (Wildman–Crippen LogP) is 3.33. The minimum Gasteiger partial charge on any atom is -0.356 e. The maximum atomic E-state index is 4.44. The molecule has 6 heteroatoms. The zero-order chi connectivity index (χ0) is 18.4. The molecule has 2 N–H and O–H groups in total. The van der Waals surface area contributed by atoms with Crippen LogP contribution in [0.1, 0.15) is 46.1 Å². The van der Waals surface area contributed by atoms with Gasteiger partial charge in [0.15, 0.2) is 5.96 Å². The van der Waals surface area contributed by atoms with Crippen LogP contribution in [-0.2, 0) is 0 Å². The Hall–Kier alpha value is -0.890. The molecular weight excluding hydrogens is 437 g/mol. The van der Waals surface area contributed by atoms with Crippen molar-refractivity contribution in [1.29, 1.82) is 0 Å². The molecule has 0 aromatic carbocycles. The monoisotopic (exact) mass is 473 g/mol. The second-order valence-electron chi connectivity index (χ2n) is 7.87. The third-order valence-electron chi connectivity index (χ3n) is 5.32. The Labute approximate surface area is 176 Å². The summed E-state index contributed by atoms with van der Waals surface area (Å²) in [5.74, 6) is 2.48. The van der Waals surface area contributed by atoms with E-state index in [-0.39, 0.29) is 24.0 Å². The number of aliphatic imine (C=N–C) groups is 1. The first-order valence-corrected chi connectivity index (χ1v) is 9.53.